The minimum atomic E-state index is 0.209. The monoisotopic (exact) mass is 342 g/mol. The lowest BCUT2D eigenvalue weighted by molar-refractivity contribution is 0.512. The number of rotatable bonds is 2. The smallest absolute Gasteiger partial charge is 0.0237 e. The number of hydrogen-bond donors (Lipinski definition) is 0. The second kappa shape index (κ2) is 5.98. The number of benzene rings is 2. The summed E-state index contributed by atoms with van der Waals surface area (Å²) in [5, 5.41) is 0. The third-order valence-corrected chi connectivity index (χ3v) is 6.13. The Labute approximate surface area is 158 Å². The first-order valence-corrected chi connectivity index (χ1v) is 9.92. The summed E-state index contributed by atoms with van der Waals surface area (Å²) in [6, 6.07) is 13.7. The fourth-order valence-corrected chi connectivity index (χ4v) is 5.02. The molecule has 2 aliphatic rings. The van der Waals surface area contributed by atoms with E-state index in [2.05, 4.69) is 90.1 Å². The quantitative estimate of drug-likeness (QED) is 0.455. The second-order valence-electron chi connectivity index (χ2n) is 9.27. The zero-order valence-corrected chi connectivity index (χ0v) is 17.0. The van der Waals surface area contributed by atoms with E-state index in [9.17, 15) is 0 Å². The van der Waals surface area contributed by atoms with Crippen LogP contribution >= 0.6 is 0 Å². The molecule has 2 aromatic rings. The lowest BCUT2D eigenvalue weighted by Crippen LogP contribution is -2.10. The molecule has 0 aliphatic heterocycles. The molecular weight excluding hydrogens is 312 g/mol. The van der Waals surface area contributed by atoms with E-state index in [1.807, 2.05) is 0 Å². The fraction of sp³-hybridized carbons (Fsp3) is 0.385. The topological polar surface area (TPSA) is 0 Å². The van der Waals surface area contributed by atoms with Crippen LogP contribution in [0, 0.1) is 5.41 Å². The largest absolute Gasteiger partial charge is 0.0727 e. The summed E-state index contributed by atoms with van der Waals surface area (Å²) in [6.45, 7) is 14.0. The second-order valence-corrected chi connectivity index (χ2v) is 9.27. The summed E-state index contributed by atoms with van der Waals surface area (Å²) < 4.78 is 0. The minimum Gasteiger partial charge on any atom is -0.0727 e. The van der Waals surface area contributed by atoms with Crippen molar-refractivity contribution >= 4 is 0 Å². The van der Waals surface area contributed by atoms with E-state index >= 15 is 0 Å². The van der Waals surface area contributed by atoms with Crippen molar-refractivity contribution in [2.45, 2.75) is 59.8 Å². The van der Waals surface area contributed by atoms with Crippen molar-refractivity contribution in [1.29, 1.82) is 0 Å². The van der Waals surface area contributed by atoms with Crippen molar-refractivity contribution in [1.82, 2.24) is 0 Å². The van der Waals surface area contributed by atoms with E-state index in [1.54, 1.807) is 11.1 Å². The molecule has 0 saturated carbocycles. The average Bonchev–Trinajstić information content (AvgIpc) is 3.13. The minimum absolute atomic E-state index is 0.209. The highest BCUT2D eigenvalue weighted by Crippen LogP contribution is 2.47. The van der Waals surface area contributed by atoms with Crippen LogP contribution in [0.5, 0.6) is 0 Å². The number of fused-ring (bicyclic) bond motifs is 3. The van der Waals surface area contributed by atoms with Crippen LogP contribution < -0.4 is 0 Å². The highest BCUT2D eigenvalue weighted by atomic mass is 14.3. The summed E-state index contributed by atoms with van der Waals surface area (Å²) in [4.78, 5) is 0. The number of allylic oxidation sites excluding steroid dienone is 4. The van der Waals surface area contributed by atoms with Crippen molar-refractivity contribution < 1.29 is 0 Å². The Bertz CT molecular complexity index is 929. The Morgan fingerprint density at radius 3 is 2.35 bits per heavy atom. The SMILES string of the molecule is CC1=C(C(C)(C)C)C=CC1c1ccc2c(c1C(C)C)Cc1ccccc1-2. The van der Waals surface area contributed by atoms with Gasteiger partial charge in [0.05, 0.1) is 0 Å². The molecule has 0 N–H and O–H groups in total. The first-order valence-electron chi connectivity index (χ1n) is 9.92. The van der Waals surface area contributed by atoms with Gasteiger partial charge < -0.3 is 0 Å². The summed E-state index contributed by atoms with van der Waals surface area (Å²) in [5.41, 5.74) is 12.2. The Morgan fingerprint density at radius 2 is 1.69 bits per heavy atom. The van der Waals surface area contributed by atoms with E-state index in [4.69, 9.17) is 0 Å². The fourth-order valence-electron chi connectivity index (χ4n) is 5.02. The van der Waals surface area contributed by atoms with Gasteiger partial charge in [-0.25, -0.2) is 0 Å². The average molecular weight is 343 g/mol. The van der Waals surface area contributed by atoms with Crippen LogP contribution in [0.3, 0.4) is 0 Å². The standard InChI is InChI=1S/C26H30/c1-16(2)25-22(19-13-14-24(17(19)3)26(4,5)6)12-11-21-20-10-8-7-9-18(20)15-23(21)25/h7-14,16,19H,15H2,1-6H3. The highest BCUT2D eigenvalue weighted by Gasteiger charge is 2.30. The van der Waals surface area contributed by atoms with Gasteiger partial charge in [-0.15, -0.1) is 0 Å². The molecule has 0 spiro atoms. The summed E-state index contributed by atoms with van der Waals surface area (Å²) in [7, 11) is 0. The van der Waals surface area contributed by atoms with Gasteiger partial charge in [0.25, 0.3) is 0 Å². The molecule has 1 atom stereocenters. The molecule has 2 aromatic carbocycles. The van der Waals surface area contributed by atoms with E-state index < -0.39 is 0 Å². The van der Waals surface area contributed by atoms with E-state index in [-0.39, 0.29) is 5.41 Å². The van der Waals surface area contributed by atoms with Gasteiger partial charge >= 0.3 is 0 Å². The molecule has 0 heteroatoms. The molecular formula is C26H30. The molecule has 0 aromatic heterocycles. The van der Waals surface area contributed by atoms with Crippen molar-refractivity contribution in [2.75, 3.05) is 0 Å². The van der Waals surface area contributed by atoms with Gasteiger partial charge in [0, 0.05) is 5.92 Å². The highest BCUT2D eigenvalue weighted by molar-refractivity contribution is 5.79. The Morgan fingerprint density at radius 1 is 0.962 bits per heavy atom. The Hall–Kier alpha value is -2.08. The maximum atomic E-state index is 2.42. The molecule has 0 heterocycles. The first-order chi connectivity index (χ1) is 12.3. The van der Waals surface area contributed by atoms with Gasteiger partial charge in [0.2, 0.25) is 0 Å². The van der Waals surface area contributed by atoms with Gasteiger partial charge in [-0.05, 0) is 63.6 Å². The molecule has 0 saturated heterocycles. The van der Waals surface area contributed by atoms with Gasteiger partial charge in [-0.2, -0.15) is 0 Å². The van der Waals surface area contributed by atoms with Crippen molar-refractivity contribution in [3.05, 3.63) is 82.0 Å². The van der Waals surface area contributed by atoms with Crippen molar-refractivity contribution in [3.63, 3.8) is 0 Å². The van der Waals surface area contributed by atoms with Crippen LogP contribution in [-0.4, -0.2) is 0 Å². The van der Waals surface area contributed by atoms with E-state index in [0.717, 1.165) is 6.42 Å². The molecule has 1 unspecified atom stereocenters. The lowest BCUT2D eigenvalue weighted by atomic mass is 9.79. The molecule has 0 fully saturated rings. The van der Waals surface area contributed by atoms with Crippen LogP contribution in [0.1, 0.15) is 75.6 Å². The third kappa shape index (κ3) is 2.58. The Balaban J connectivity index is 1.87. The maximum Gasteiger partial charge on any atom is 0.0237 e. The normalized spacial score (nSPS) is 18.7. The maximum absolute atomic E-state index is 2.42. The zero-order chi connectivity index (χ0) is 18.6. The predicted molar refractivity (Wildman–Crippen MR) is 113 cm³/mol. The number of hydrogen-bond acceptors (Lipinski definition) is 0. The predicted octanol–water partition coefficient (Wildman–Crippen LogP) is 7.40. The summed E-state index contributed by atoms with van der Waals surface area (Å²) in [6.07, 6.45) is 5.87. The molecule has 0 amide bonds. The van der Waals surface area contributed by atoms with Gasteiger partial charge in [0.15, 0.2) is 0 Å². The Kier molecular flexibility index (Phi) is 3.99. The molecule has 0 radical (unpaired) electrons. The van der Waals surface area contributed by atoms with Crippen LogP contribution in [-0.2, 0) is 6.42 Å². The molecule has 134 valence electrons. The molecule has 26 heavy (non-hydrogen) atoms. The van der Waals surface area contributed by atoms with Gasteiger partial charge in [0.1, 0.15) is 0 Å². The molecule has 0 bridgehead atoms. The summed E-state index contributed by atoms with van der Waals surface area (Å²) in [5.74, 6) is 0.963. The van der Waals surface area contributed by atoms with E-state index in [0.29, 0.717) is 11.8 Å². The van der Waals surface area contributed by atoms with Crippen molar-refractivity contribution in [3.8, 4) is 11.1 Å². The van der Waals surface area contributed by atoms with Crippen molar-refractivity contribution in [2.24, 2.45) is 5.41 Å². The van der Waals surface area contributed by atoms with Gasteiger partial charge in [-0.3, -0.25) is 0 Å². The molecule has 2 aliphatic carbocycles. The van der Waals surface area contributed by atoms with Gasteiger partial charge in [-0.1, -0.05) is 88.7 Å². The lowest BCUT2D eigenvalue weighted by Gasteiger charge is -2.25. The molecule has 0 nitrogen and oxygen atoms in total. The zero-order valence-electron chi connectivity index (χ0n) is 17.0. The van der Waals surface area contributed by atoms with Crippen LogP contribution in [0.4, 0.5) is 0 Å². The van der Waals surface area contributed by atoms with Crippen LogP contribution in [0.25, 0.3) is 11.1 Å². The van der Waals surface area contributed by atoms with E-state index in [1.165, 1.54) is 33.4 Å². The summed E-state index contributed by atoms with van der Waals surface area (Å²) >= 11 is 0. The molecule has 4 rings (SSSR count). The third-order valence-electron chi connectivity index (χ3n) is 6.13. The van der Waals surface area contributed by atoms with Crippen LogP contribution in [0.2, 0.25) is 0 Å². The first kappa shape index (κ1) is 17.3. The van der Waals surface area contributed by atoms with Crippen LogP contribution in [0.15, 0.2) is 59.7 Å².